The van der Waals surface area contributed by atoms with E-state index < -0.39 is 10.0 Å². The summed E-state index contributed by atoms with van der Waals surface area (Å²) in [6.45, 7) is 1.83. The van der Waals surface area contributed by atoms with Gasteiger partial charge in [-0.3, -0.25) is 0 Å². The third kappa shape index (κ3) is 4.20. The van der Waals surface area contributed by atoms with E-state index in [2.05, 4.69) is 4.72 Å². The zero-order valence-corrected chi connectivity index (χ0v) is 11.4. The molecule has 0 aromatic heterocycles. The molecule has 0 aromatic carbocycles. The summed E-state index contributed by atoms with van der Waals surface area (Å²) in [6.07, 6.45) is 2.81. The minimum Gasteiger partial charge on any atom is -0.380 e. The van der Waals surface area contributed by atoms with Gasteiger partial charge in [-0.1, -0.05) is 6.92 Å². The lowest BCUT2D eigenvalue weighted by atomic mass is 10.2. The van der Waals surface area contributed by atoms with Gasteiger partial charge in [0.05, 0.1) is 11.9 Å². The van der Waals surface area contributed by atoms with E-state index in [0.29, 0.717) is 5.88 Å². The van der Waals surface area contributed by atoms with Crippen LogP contribution in [0.25, 0.3) is 0 Å². The van der Waals surface area contributed by atoms with Crippen LogP contribution in [0.4, 0.5) is 0 Å². The number of alkyl halides is 1. The van der Waals surface area contributed by atoms with Crippen LogP contribution in [0.3, 0.4) is 0 Å². The highest BCUT2D eigenvalue weighted by Gasteiger charge is 2.30. The second-order valence-corrected chi connectivity index (χ2v) is 6.58. The topological polar surface area (TPSA) is 55.4 Å². The van der Waals surface area contributed by atoms with Gasteiger partial charge in [-0.05, 0) is 25.2 Å². The quantitative estimate of drug-likeness (QED) is 0.741. The van der Waals surface area contributed by atoms with Gasteiger partial charge in [0.2, 0.25) is 10.0 Å². The predicted molar refractivity (Wildman–Crippen MR) is 65.2 cm³/mol. The smallest absolute Gasteiger partial charge is 0.212 e. The highest BCUT2D eigenvalue weighted by atomic mass is 35.5. The Morgan fingerprint density at radius 1 is 1.50 bits per heavy atom. The molecule has 0 aliphatic heterocycles. The number of sulfonamides is 1. The zero-order valence-electron chi connectivity index (χ0n) is 9.78. The van der Waals surface area contributed by atoms with Crippen molar-refractivity contribution in [3.05, 3.63) is 0 Å². The lowest BCUT2D eigenvalue weighted by Crippen LogP contribution is -2.42. The first kappa shape index (κ1) is 14.2. The number of halogens is 1. The van der Waals surface area contributed by atoms with Gasteiger partial charge in [-0.2, -0.15) is 0 Å². The van der Waals surface area contributed by atoms with Crippen molar-refractivity contribution in [2.75, 3.05) is 18.7 Å². The second-order valence-electron chi connectivity index (χ2n) is 4.47. The van der Waals surface area contributed by atoms with Gasteiger partial charge < -0.3 is 4.74 Å². The Hall–Kier alpha value is 0.160. The number of hydrogen-bond acceptors (Lipinski definition) is 3. The van der Waals surface area contributed by atoms with Crippen LogP contribution in [-0.2, 0) is 14.8 Å². The molecule has 1 aliphatic carbocycles. The zero-order chi connectivity index (χ0) is 12.2. The number of rotatable bonds is 6. The standard InChI is InChI=1S/C10H20ClNO3S/c1-8(6-11)7-16(13,14)12-9-4-3-5-10(9)15-2/h8-10,12H,3-7H2,1-2H3. The molecular weight excluding hydrogens is 250 g/mol. The normalized spacial score (nSPS) is 28.2. The van der Waals surface area contributed by atoms with E-state index >= 15 is 0 Å². The summed E-state index contributed by atoms with van der Waals surface area (Å²) >= 11 is 5.61. The maximum Gasteiger partial charge on any atom is 0.212 e. The molecule has 6 heteroatoms. The van der Waals surface area contributed by atoms with E-state index in [9.17, 15) is 8.42 Å². The number of methoxy groups -OCH3 is 1. The summed E-state index contributed by atoms with van der Waals surface area (Å²) in [4.78, 5) is 0. The Bertz CT molecular complexity index is 307. The van der Waals surface area contributed by atoms with Crippen LogP contribution >= 0.6 is 11.6 Å². The lowest BCUT2D eigenvalue weighted by molar-refractivity contribution is 0.0916. The van der Waals surface area contributed by atoms with Crippen molar-refractivity contribution in [1.82, 2.24) is 4.72 Å². The Balaban J connectivity index is 2.52. The number of nitrogens with one attached hydrogen (secondary N) is 1. The van der Waals surface area contributed by atoms with Gasteiger partial charge in [-0.15, -0.1) is 11.6 Å². The van der Waals surface area contributed by atoms with Crippen LogP contribution in [0.1, 0.15) is 26.2 Å². The molecule has 0 saturated heterocycles. The van der Waals surface area contributed by atoms with Crippen molar-refractivity contribution >= 4 is 21.6 Å². The largest absolute Gasteiger partial charge is 0.380 e. The molecule has 1 N–H and O–H groups in total. The fourth-order valence-corrected chi connectivity index (χ4v) is 3.97. The maximum absolute atomic E-state index is 11.8. The van der Waals surface area contributed by atoms with Crippen molar-refractivity contribution in [2.24, 2.45) is 5.92 Å². The minimum absolute atomic E-state index is 0.0149. The Morgan fingerprint density at radius 2 is 2.19 bits per heavy atom. The molecule has 0 spiro atoms. The molecular formula is C10H20ClNO3S. The fourth-order valence-electron chi connectivity index (χ4n) is 2.04. The molecule has 0 heterocycles. The summed E-state index contributed by atoms with van der Waals surface area (Å²) < 4.78 is 31.5. The molecule has 0 amide bonds. The van der Waals surface area contributed by atoms with E-state index in [1.54, 1.807) is 7.11 Å². The van der Waals surface area contributed by atoms with Crippen molar-refractivity contribution in [1.29, 1.82) is 0 Å². The van der Waals surface area contributed by atoms with Gasteiger partial charge in [-0.25, -0.2) is 13.1 Å². The first-order valence-corrected chi connectivity index (χ1v) is 7.76. The van der Waals surface area contributed by atoms with E-state index in [1.165, 1.54) is 0 Å². The highest BCUT2D eigenvalue weighted by Crippen LogP contribution is 2.22. The molecule has 4 nitrogen and oxygen atoms in total. The molecule has 0 aromatic rings. The molecule has 3 atom stereocenters. The third-order valence-electron chi connectivity index (χ3n) is 2.85. The Kier molecular flexibility index (Phi) is 5.50. The molecule has 1 saturated carbocycles. The van der Waals surface area contributed by atoms with Crippen LogP contribution < -0.4 is 4.72 Å². The lowest BCUT2D eigenvalue weighted by Gasteiger charge is -2.20. The van der Waals surface area contributed by atoms with Crippen molar-refractivity contribution < 1.29 is 13.2 Å². The van der Waals surface area contributed by atoms with Gasteiger partial charge in [0, 0.05) is 19.0 Å². The van der Waals surface area contributed by atoms with Crippen molar-refractivity contribution in [2.45, 2.75) is 38.3 Å². The van der Waals surface area contributed by atoms with Gasteiger partial charge in [0.1, 0.15) is 0 Å². The van der Waals surface area contributed by atoms with E-state index in [1.807, 2.05) is 6.92 Å². The summed E-state index contributed by atoms with van der Waals surface area (Å²) in [5.74, 6) is 0.421. The average Bonchev–Trinajstić information content (AvgIpc) is 2.63. The van der Waals surface area contributed by atoms with E-state index in [4.69, 9.17) is 16.3 Å². The first-order valence-electron chi connectivity index (χ1n) is 5.57. The monoisotopic (exact) mass is 269 g/mol. The van der Waals surface area contributed by atoms with Crippen molar-refractivity contribution in [3.8, 4) is 0 Å². The second kappa shape index (κ2) is 6.19. The van der Waals surface area contributed by atoms with Crippen LogP contribution in [0, 0.1) is 5.92 Å². The predicted octanol–water partition coefficient (Wildman–Crippen LogP) is 1.35. The summed E-state index contributed by atoms with van der Waals surface area (Å²) in [6, 6.07) is -0.0717. The Labute approximate surface area is 103 Å². The summed E-state index contributed by atoms with van der Waals surface area (Å²) in [7, 11) is -1.61. The molecule has 1 aliphatic rings. The van der Waals surface area contributed by atoms with Gasteiger partial charge in [0.15, 0.2) is 0 Å². The van der Waals surface area contributed by atoms with Gasteiger partial charge in [0.25, 0.3) is 0 Å². The minimum atomic E-state index is -3.23. The van der Waals surface area contributed by atoms with Crippen LogP contribution in [0.2, 0.25) is 0 Å². The van der Waals surface area contributed by atoms with Crippen molar-refractivity contribution in [3.63, 3.8) is 0 Å². The van der Waals surface area contributed by atoms with Crippen LogP contribution in [-0.4, -0.2) is 39.3 Å². The van der Waals surface area contributed by atoms with Gasteiger partial charge >= 0.3 is 0 Å². The highest BCUT2D eigenvalue weighted by molar-refractivity contribution is 7.89. The molecule has 0 radical (unpaired) electrons. The molecule has 1 fully saturated rings. The fraction of sp³-hybridized carbons (Fsp3) is 1.00. The third-order valence-corrected chi connectivity index (χ3v) is 5.05. The maximum atomic E-state index is 11.8. The number of hydrogen-bond donors (Lipinski definition) is 1. The average molecular weight is 270 g/mol. The molecule has 1 rings (SSSR count). The molecule has 96 valence electrons. The van der Waals surface area contributed by atoms with E-state index in [0.717, 1.165) is 19.3 Å². The molecule has 0 bridgehead atoms. The molecule has 3 unspecified atom stereocenters. The van der Waals surface area contributed by atoms with E-state index in [-0.39, 0.29) is 23.8 Å². The SMILES string of the molecule is COC1CCCC1NS(=O)(=O)CC(C)CCl. The molecule has 16 heavy (non-hydrogen) atoms. The number of ether oxygens (including phenoxy) is 1. The summed E-state index contributed by atoms with van der Waals surface area (Å²) in [5, 5.41) is 0. The van der Waals surface area contributed by atoms with Crippen LogP contribution in [0.5, 0.6) is 0 Å². The van der Waals surface area contributed by atoms with Crippen LogP contribution in [0.15, 0.2) is 0 Å². The Morgan fingerprint density at radius 3 is 2.75 bits per heavy atom. The summed E-state index contributed by atoms with van der Waals surface area (Å²) in [5.41, 5.74) is 0. The first-order chi connectivity index (χ1) is 7.48.